The fourth-order valence-electron chi connectivity index (χ4n) is 2.26. The van der Waals surface area contributed by atoms with Gasteiger partial charge in [-0.05, 0) is 31.0 Å². The van der Waals surface area contributed by atoms with Crippen LogP contribution in [0.4, 0.5) is 15.8 Å². The standard InChI is InChI=1S/C15H12FN5/c16-12-3-4-15(21-5-1-2-6-21)13(7-12)20-14(10-19)11(8-17)9-18/h3-4,7,20H,1-2,5-6H2. The van der Waals surface area contributed by atoms with Crippen LogP contribution in [-0.4, -0.2) is 13.1 Å². The molecule has 0 bridgehead atoms. The Balaban J connectivity index is 2.42. The van der Waals surface area contributed by atoms with E-state index in [1.54, 1.807) is 24.3 Å². The van der Waals surface area contributed by atoms with Gasteiger partial charge in [-0.3, -0.25) is 0 Å². The van der Waals surface area contributed by atoms with Crippen molar-refractivity contribution in [2.45, 2.75) is 12.8 Å². The Hall–Kier alpha value is -3.04. The third-order valence-electron chi connectivity index (χ3n) is 3.25. The number of halogens is 1. The molecular formula is C15H12FN5. The van der Waals surface area contributed by atoms with Gasteiger partial charge in [0.2, 0.25) is 0 Å². The molecule has 0 atom stereocenters. The zero-order chi connectivity index (χ0) is 15.2. The molecule has 0 aliphatic carbocycles. The van der Waals surface area contributed by atoms with Crippen LogP contribution in [0.25, 0.3) is 0 Å². The Bertz CT molecular complexity index is 680. The molecule has 2 rings (SSSR count). The molecule has 1 N–H and O–H groups in total. The third kappa shape index (κ3) is 3.11. The Labute approximate surface area is 122 Å². The fourth-order valence-corrected chi connectivity index (χ4v) is 2.26. The second-order valence-electron chi connectivity index (χ2n) is 4.57. The summed E-state index contributed by atoms with van der Waals surface area (Å²) in [6, 6.07) is 9.33. The molecule has 0 radical (unpaired) electrons. The van der Waals surface area contributed by atoms with Gasteiger partial charge >= 0.3 is 0 Å². The van der Waals surface area contributed by atoms with E-state index in [0.29, 0.717) is 5.69 Å². The largest absolute Gasteiger partial charge is 0.370 e. The van der Waals surface area contributed by atoms with Crippen molar-refractivity contribution >= 4 is 11.4 Å². The predicted molar refractivity (Wildman–Crippen MR) is 75.3 cm³/mol. The van der Waals surface area contributed by atoms with Crippen molar-refractivity contribution in [1.82, 2.24) is 0 Å². The maximum absolute atomic E-state index is 13.5. The first-order valence-electron chi connectivity index (χ1n) is 6.45. The van der Waals surface area contributed by atoms with Crippen molar-refractivity contribution < 1.29 is 4.39 Å². The summed E-state index contributed by atoms with van der Waals surface area (Å²) in [5.41, 5.74) is 0.647. The van der Waals surface area contributed by atoms with Crippen LogP contribution in [0.2, 0.25) is 0 Å². The van der Waals surface area contributed by atoms with Crippen LogP contribution in [0.15, 0.2) is 29.5 Å². The molecule has 0 unspecified atom stereocenters. The lowest BCUT2D eigenvalue weighted by Crippen LogP contribution is -2.19. The fraction of sp³-hybridized carbons (Fsp3) is 0.267. The maximum Gasteiger partial charge on any atom is 0.163 e. The summed E-state index contributed by atoms with van der Waals surface area (Å²) in [6.45, 7) is 1.71. The first kappa shape index (κ1) is 14.4. The maximum atomic E-state index is 13.5. The minimum Gasteiger partial charge on any atom is -0.370 e. The number of nitrogens with one attached hydrogen (secondary N) is 1. The van der Waals surface area contributed by atoms with Gasteiger partial charge in [0, 0.05) is 13.1 Å². The average molecular weight is 281 g/mol. The summed E-state index contributed by atoms with van der Waals surface area (Å²) in [6.07, 6.45) is 2.11. The first-order chi connectivity index (χ1) is 10.2. The average Bonchev–Trinajstić information content (AvgIpc) is 3.01. The first-order valence-corrected chi connectivity index (χ1v) is 6.45. The van der Waals surface area contributed by atoms with E-state index < -0.39 is 5.82 Å². The second kappa shape index (κ2) is 6.41. The zero-order valence-corrected chi connectivity index (χ0v) is 11.2. The van der Waals surface area contributed by atoms with Crippen molar-refractivity contribution in [1.29, 1.82) is 15.8 Å². The molecule has 1 fully saturated rings. The summed E-state index contributed by atoms with van der Waals surface area (Å²) in [5, 5.41) is 29.4. The topological polar surface area (TPSA) is 86.6 Å². The summed E-state index contributed by atoms with van der Waals surface area (Å²) >= 11 is 0. The molecule has 1 aliphatic heterocycles. The number of allylic oxidation sites excluding steroid dienone is 2. The van der Waals surface area contributed by atoms with E-state index in [1.807, 2.05) is 0 Å². The van der Waals surface area contributed by atoms with Crippen molar-refractivity contribution in [3.8, 4) is 18.2 Å². The van der Waals surface area contributed by atoms with Crippen LogP contribution in [0.3, 0.4) is 0 Å². The summed E-state index contributed by atoms with van der Waals surface area (Å²) in [7, 11) is 0. The second-order valence-corrected chi connectivity index (χ2v) is 4.57. The minimum absolute atomic E-state index is 0.175. The lowest BCUT2D eigenvalue weighted by molar-refractivity contribution is 0.628. The highest BCUT2D eigenvalue weighted by atomic mass is 19.1. The molecule has 0 spiro atoms. The van der Waals surface area contributed by atoms with Gasteiger partial charge in [0.1, 0.15) is 29.7 Å². The zero-order valence-electron chi connectivity index (χ0n) is 11.2. The SMILES string of the molecule is N#CC(C#N)=C(C#N)Nc1cc(F)ccc1N1CCCC1. The molecule has 0 aromatic heterocycles. The Morgan fingerprint density at radius 1 is 1.10 bits per heavy atom. The van der Waals surface area contributed by atoms with Gasteiger partial charge in [-0.1, -0.05) is 0 Å². The number of rotatable bonds is 3. The van der Waals surface area contributed by atoms with E-state index in [-0.39, 0.29) is 11.3 Å². The van der Waals surface area contributed by atoms with Crippen LogP contribution in [-0.2, 0) is 0 Å². The number of nitrogens with zero attached hydrogens (tertiary/aromatic N) is 4. The molecule has 1 heterocycles. The summed E-state index contributed by atoms with van der Waals surface area (Å²) in [5.74, 6) is -0.451. The van der Waals surface area contributed by atoms with E-state index in [1.165, 1.54) is 12.1 Å². The molecule has 104 valence electrons. The van der Waals surface area contributed by atoms with Crippen molar-refractivity contribution in [3.63, 3.8) is 0 Å². The Morgan fingerprint density at radius 2 is 1.76 bits per heavy atom. The van der Waals surface area contributed by atoms with Crippen LogP contribution in [0.5, 0.6) is 0 Å². The molecule has 1 saturated heterocycles. The smallest absolute Gasteiger partial charge is 0.163 e. The van der Waals surface area contributed by atoms with Crippen LogP contribution >= 0.6 is 0 Å². The number of hydrogen-bond donors (Lipinski definition) is 1. The quantitative estimate of drug-likeness (QED) is 0.861. The molecule has 0 amide bonds. The molecule has 21 heavy (non-hydrogen) atoms. The number of hydrogen-bond acceptors (Lipinski definition) is 5. The number of anilines is 2. The van der Waals surface area contributed by atoms with Crippen molar-refractivity contribution in [3.05, 3.63) is 35.3 Å². The molecule has 1 aromatic carbocycles. The number of nitriles is 3. The van der Waals surface area contributed by atoms with Gasteiger partial charge < -0.3 is 10.2 Å². The molecule has 0 saturated carbocycles. The lowest BCUT2D eigenvalue weighted by atomic mass is 10.2. The summed E-state index contributed by atoms with van der Waals surface area (Å²) in [4.78, 5) is 2.08. The van der Waals surface area contributed by atoms with Gasteiger partial charge in [0.15, 0.2) is 5.57 Å². The van der Waals surface area contributed by atoms with Crippen molar-refractivity contribution in [2.75, 3.05) is 23.3 Å². The molecule has 1 aliphatic rings. The van der Waals surface area contributed by atoms with Gasteiger partial charge in [0.05, 0.1) is 11.4 Å². The van der Waals surface area contributed by atoms with Crippen LogP contribution in [0.1, 0.15) is 12.8 Å². The third-order valence-corrected chi connectivity index (χ3v) is 3.25. The van der Waals surface area contributed by atoms with Crippen LogP contribution in [0, 0.1) is 39.8 Å². The molecule has 6 heteroatoms. The molecule has 1 aromatic rings. The van der Waals surface area contributed by atoms with E-state index >= 15 is 0 Å². The van der Waals surface area contributed by atoms with Crippen molar-refractivity contribution in [2.24, 2.45) is 0 Å². The van der Waals surface area contributed by atoms with E-state index in [4.69, 9.17) is 15.8 Å². The lowest BCUT2D eigenvalue weighted by Gasteiger charge is -2.21. The van der Waals surface area contributed by atoms with Gasteiger partial charge in [-0.25, -0.2) is 4.39 Å². The monoisotopic (exact) mass is 281 g/mol. The highest BCUT2D eigenvalue weighted by Gasteiger charge is 2.17. The predicted octanol–water partition coefficient (Wildman–Crippen LogP) is 2.66. The molecule has 5 nitrogen and oxygen atoms in total. The Kier molecular flexibility index (Phi) is 4.39. The van der Waals surface area contributed by atoms with Gasteiger partial charge in [0.25, 0.3) is 0 Å². The number of benzene rings is 1. The minimum atomic E-state index is -0.451. The van der Waals surface area contributed by atoms with E-state index in [2.05, 4.69) is 10.2 Å². The van der Waals surface area contributed by atoms with Gasteiger partial charge in [-0.15, -0.1) is 0 Å². The normalized spacial score (nSPS) is 13.0. The van der Waals surface area contributed by atoms with E-state index in [9.17, 15) is 4.39 Å². The Morgan fingerprint density at radius 3 is 2.33 bits per heavy atom. The highest BCUT2D eigenvalue weighted by molar-refractivity contribution is 5.74. The van der Waals surface area contributed by atoms with E-state index in [0.717, 1.165) is 31.6 Å². The summed E-state index contributed by atoms with van der Waals surface area (Å²) < 4.78 is 13.5. The van der Waals surface area contributed by atoms with Gasteiger partial charge in [-0.2, -0.15) is 15.8 Å². The highest BCUT2D eigenvalue weighted by Crippen LogP contribution is 2.30. The van der Waals surface area contributed by atoms with Crippen LogP contribution < -0.4 is 10.2 Å². The molecular weight excluding hydrogens is 269 g/mol.